The van der Waals surface area contributed by atoms with Crippen molar-refractivity contribution in [3.05, 3.63) is 47.9 Å². The molecular weight excluding hydrogens is 332 g/mol. The fourth-order valence-electron chi connectivity index (χ4n) is 3.05. The summed E-state index contributed by atoms with van der Waals surface area (Å²) < 4.78 is 5.85. The van der Waals surface area contributed by atoms with E-state index in [2.05, 4.69) is 20.2 Å². The zero-order chi connectivity index (χ0) is 18.1. The first-order chi connectivity index (χ1) is 12.6. The number of carbonyl (C=O) groups is 1. The van der Waals surface area contributed by atoms with Crippen molar-refractivity contribution < 1.29 is 9.53 Å². The molecule has 0 radical (unpaired) electrons. The number of morpholine rings is 1. The molecule has 26 heavy (non-hydrogen) atoms. The minimum Gasteiger partial charge on any atom is -0.368 e. The molecule has 1 saturated heterocycles. The van der Waals surface area contributed by atoms with Gasteiger partial charge in [-0.25, -0.2) is 9.97 Å². The second kappa shape index (κ2) is 6.72. The van der Waals surface area contributed by atoms with E-state index in [4.69, 9.17) is 4.74 Å². The maximum absolute atomic E-state index is 13.0. The molecule has 0 spiro atoms. The average Bonchev–Trinajstić information content (AvgIpc) is 3.12. The van der Waals surface area contributed by atoms with Crippen molar-refractivity contribution in [1.29, 1.82) is 0 Å². The van der Waals surface area contributed by atoms with Crippen LogP contribution in [-0.4, -0.2) is 64.8 Å². The molecule has 2 aromatic heterocycles. The fourth-order valence-corrected chi connectivity index (χ4v) is 3.05. The number of amides is 1. The summed E-state index contributed by atoms with van der Waals surface area (Å²) in [5, 5.41) is 7.96. The monoisotopic (exact) mass is 352 g/mol. The number of nitrogens with zero attached hydrogens (tertiary/aromatic N) is 5. The lowest BCUT2D eigenvalue weighted by Gasteiger charge is -2.32. The highest BCUT2D eigenvalue weighted by Gasteiger charge is 2.29. The normalized spacial score (nSPS) is 17.5. The minimum absolute atomic E-state index is 0.0994. The van der Waals surface area contributed by atoms with Gasteiger partial charge >= 0.3 is 0 Å². The van der Waals surface area contributed by atoms with Crippen LogP contribution in [-0.2, 0) is 4.74 Å². The van der Waals surface area contributed by atoms with E-state index in [1.807, 2.05) is 49.3 Å². The third-order valence-electron chi connectivity index (χ3n) is 4.42. The van der Waals surface area contributed by atoms with Gasteiger partial charge in [-0.3, -0.25) is 9.89 Å². The van der Waals surface area contributed by atoms with Gasteiger partial charge in [0.05, 0.1) is 24.4 Å². The lowest BCUT2D eigenvalue weighted by Crippen LogP contribution is -2.42. The number of aromatic nitrogens is 4. The summed E-state index contributed by atoms with van der Waals surface area (Å²) in [4.78, 5) is 25.3. The second-order valence-corrected chi connectivity index (χ2v) is 6.40. The number of aromatic amines is 1. The Bertz CT molecular complexity index is 938. The highest BCUT2D eigenvalue weighted by atomic mass is 16.5. The van der Waals surface area contributed by atoms with E-state index in [-0.39, 0.29) is 12.0 Å². The van der Waals surface area contributed by atoms with Gasteiger partial charge in [0.25, 0.3) is 5.91 Å². The molecule has 0 aliphatic carbocycles. The number of ether oxygens (including phenoxy) is 1. The Morgan fingerprint density at radius 1 is 1.31 bits per heavy atom. The van der Waals surface area contributed by atoms with Crippen molar-refractivity contribution in [2.24, 2.45) is 0 Å². The van der Waals surface area contributed by atoms with Crippen molar-refractivity contribution in [2.75, 3.05) is 38.7 Å². The van der Waals surface area contributed by atoms with Gasteiger partial charge in [0.1, 0.15) is 6.10 Å². The van der Waals surface area contributed by atoms with Crippen LogP contribution in [0.3, 0.4) is 0 Å². The molecule has 0 saturated carbocycles. The lowest BCUT2D eigenvalue weighted by molar-refractivity contribution is -0.0248. The predicted molar refractivity (Wildman–Crippen MR) is 97.0 cm³/mol. The van der Waals surface area contributed by atoms with E-state index >= 15 is 0 Å². The van der Waals surface area contributed by atoms with E-state index in [1.165, 1.54) is 0 Å². The van der Waals surface area contributed by atoms with E-state index in [9.17, 15) is 4.79 Å². The summed E-state index contributed by atoms with van der Waals surface area (Å²) in [6.45, 7) is 1.42. The quantitative estimate of drug-likeness (QED) is 0.771. The smallest absolute Gasteiger partial charge is 0.275 e. The summed E-state index contributed by atoms with van der Waals surface area (Å²) in [7, 11) is 3.78. The van der Waals surface area contributed by atoms with Crippen LogP contribution in [0, 0.1) is 0 Å². The van der Waals surface area contributed by atoms with Crippen LogP contribution >= 0.6 is 0 Å². The zero-order valence-electron chi connectivity index (χ0n) is 14.7. The predicted octanol–water partition coefficient (Wildman–Crippen LogP) is 1.63. The maximum atomic E-state index is 13.0. The molecule has 8 nitrogen and oxygen atoms in total. The summed E-state index contributed by atoms with van der Waals surface area (Å²) in [5.41, 5.74) is 2.07. The van der Waals surface area contributed by atoms with Crippen molar-refractivity contribution in [3.63, 3.8) is 0 Å². The second-order valence-electron chi connectivity index (χ2n) is 6.40. The van der Waals surface area contributed by atoms with Crippen LogP contribution in [0.1, 0.15) is 22.3 Å². The van der Waals surface area contributed by atoms with Gasteiger partial charge in [-0.1, -0.05) is 18.2 Å². The molecule has 1 aliphatic heterocycles. The van der Waals surface area contributed by atoms with Gasteiger partial charge in [-0.05, 0) is 12.1 Å². The van der Waals surface area contributed by atoms with Crippen molar-refractivity contribution in [2.45, 2.75) is 6.10 Å². The molecule has 1 N–H and O–H groups in total. The zero-order valence-corrected chi connectivity index (χ0v) is 14.7. The Hall–Kier alpha value is -3.00. The number of H-pyrrole nitrogens is 1. The number of anilines is 1. The van der Waals surface area contributed by atoms with Gasteiger partial charge in [-0.2, -0.15) is 5.10 Å². The molecule has 1 amide bonds. The Morgan fingerprint density at radius 3 is 3.00 bits per heavy atom. The van der Waals surface area contributed by atoms with Crippen molar-refractivity contribution in [1.82, 2.24) is 25.1 Å². The molecule has 3 heterocycles. The summed E-state index contributed by atoms with van der Waals surface area (Å²) in [5.74, 6) is 0.519. The molecule has 1 atom stereocenters. The Labute approximate surface area is 150 Å². The van der Waals surface area contributed by atoms with Crippen LogP contribution < -0.4 is 4.90 Å². The highest BCUT2D eigenvalue weighted by Crippen LogP contribution is 2.24. The van der Waals surface area contributed by atoms with Gasteiger partial charge < -0.3 is 14.5 Å². The van der Waals surface area contributed by atoms with Crippen LogP contribution in [0.25, 0.3) is 10.9 Å². The van der Waals surface area contributed by atoms with Crippen molar-refractivity contribution in [3.8, 4) is 0 Å². The third kappa shape index (κ3) is 2.99. The summed E-state index contributed by atoms with van der Waals surface area (Å²) in [6, 6.07) is 9.45. The molecule has 4 rings (SSSR count). The van der Waals surface area contributed by atoms with Crippen molar-refractivity contribution >= 4 is 22.8 Å². The molecule has 0 unspecified atom stereocenters. The van der Waals surface area contributed by atoms with E-state index in [0.29, 0.717) is 31.3 Å². The summed E-state index contributed by atoms with van der Waals surface area (Å²) in [6.07, 6.45) is 1.43. The van der Waals surface area contributed by atoms with Gasteiger partial charge in [0.2, 0.25) is 5.95 Å². The first-order valence-electron chi connectivity index (χ1n) is 8.48. The minimum atomic E-state index is -0.278. The van der Waals surface area contributed by atoms with E-state index < -0.39 is 0 Å². The molecule has 3 aromatic rings. The van der Waals surface area contributed by atoms with Crippen LogP contribution in [0.5, 0.6) is 0 Å². The van der Waals surface area contributed by atoms with Gasteiger partial charge in [0, 0.05) is 32.2 Å². The number of carbonyl (C=O) groups excluding carboxylic acids is 1. The number of nitrogens with one attached hydrogen (secondary N) is 1. The number of rotatable bonds is 3. The molecule has 134 valence electrons. The SMILES string of the molecule is CN(C)c1nccc([C@H]2CN(C(=O)c3n[nH]c4ccccc34)CCO2)n1. The number of benzene rings is 1. The summed E-state index contributed by atoms with van der Waals surface area (Å²) >= 11 is 0. The first-order valence-corrected chi connectivity index (χ1v) is 8.48. The average molecular weight is 352 g/mol. The topological polar surface area (TPSA) is 87.2 Å². The molecule has 0 bridgehead atoms. The van der Waals surface area contributed by atoms with Gasteiger partial charge in [-0.15, -0.1) is 0 Å². The fraction of sp³-hybridized carbons (Fsp3) is 0.333. The lowest BCUT2D eigenvalue weighted by atomic mass is 10.1. The highest BCUT2D eigenvalue weighted by molar-refractivity contribution is 6.04. The largest absolute Gasteiger partial charge is 0.368 e. The van der Waals surface area contributed by atoms with E-state index in [0.717, 1.165) is 16.6 Å². The molecule has 1 aliphatic rings. The number of hydrogen-bond donors (Lipinski definition) is 1. The molecule has 1 aromatic carbocycles. The molecule has 8 heteroatoms. The number of para-hydroxylation sites is 1. The number of hydrogen-bond acceptors (Lipinski definition) is 6. The number of fused-ring (bicyclic) bond motifs is 1. The van der Waals surface area contributed by atoms with E-state index in [1.54, 1.807) is 11.1 Å². The van der Waals surface area contributed by atoms with Crippen LogP contribution in [0.4, 0.5) is 5.95 Å². The van der Waals surface area contributed by atoms with Gasteiger partial charge in [0.15, 0.2) is 5.69 Å². The first kappa shape index (κ1) is 16.5. The third-order valence-corrected chi connectivity index (χ3v) is 4.42. The Balaban J connectivity index is 1.57. The Kier molecular flexibility index (Phi) is 4.26. The van der Waals surface area contributed by atoms with Crippen LogP contribution in [0.2, 0.25) is 0 Å². The Morgan fingerprint density at radius 2 is 2.15 bits per heavy atom. The molecule has 1 fully saturated rings. The van der Waals surface area contributed by atoms with Crippen LogP contribution in [0.15, 0.2) is 36.5 Å². The maximum Gasteiger partial charge on any atom is 0.275 e. The molecular formula is C18H20N6O2. The standard InChI is InChI=1S/C18H20N6O2/c1-23(2)18-19-8-7-14(20-18)15-11-24(9-10-26-15)17(25)16-12-5-3-4-6-13(12)21-22-16/h3-8,15H,9-11H2,1-2H3,(H,21,22)/t15-/m1/s1.